The van der Waals surface area contributed by atoms with E-state index in [4.69, 9.17) is 15.0 Å². The van der Waals surface area contributed by atoms with Gasteiger partial charge in [0, 0.05) is 18.9 Å². The summed E-state index contributed by atoms with van der Waals surface area (Å²) in [7, 11) is 0. The third kappa shape index (κ3) is 4.55. The second kappa shape index (κ2) is 7.95. The van der Waals surface area contributed by atoms with Crippen LogP contribution < -0.4 is 5.43 Å². The van der Waals surface area contributed by atoms with Crippen LogP contribution >= 0.6 is 0 Å². The first-order valence-corrected chi connectivity index (χ1v) is 6.80. The molecule has 0 aromatic rings. The van der Waals surface area contributed by atoms with Gasteiger partial charge < -0.3 is 9.47 Å². The van der Waals surface area contributed by atoms with Crippen LogP contribution in [-0.2, 0) is 9.47 Å². The maximum atomic E-state index is 6.80. The van der Waals surface area contributed by atoms with Crippen LogP contribution in [0.1, 0.15) is 46.5 Å². The average molecular weight is 255 g/mol. The van der Waals surface area contributed by atoms with E-state index in [-0.39, 0.29) is 6.04 Å². The molecule has 0 radical (unpaired) electrons. The first-order valence-electron chi connectivity index (χ1n) is 6.80. The van der Waals surface area contributed by atoms with Gasteiger partial charge in [-0.25, -0.2) is 0 Å². The molecule has 0 aromatic heterocycles. The second-order valence-electron chi connectivity index (χ2n) is 4.70. The molecule has 18 heavy (non-hydrogen) atoms. The van der Waals surface area contributed by atoms with Crippen LogP contribution in [0.4, 0.5) is 0 Å². The van der Waals surface area contributed by atoms with Crippen molar-refractivity contribution >= 4 is 0 Å². The molecule has 1 rings (SSSR count). The number of nitrogens with one attached hydrogen (secondary N) is 2. The van der Waals surface area contributed by atoms with Crippen molar-refractivity contribution in [3.05, 3.63) is 11.5 Å². The predicted octanol–water partition coefficient (Wildman–Crippen LogP) is 3.39. The maximum absolute atomic E-state index is 6.80. The van der Waals surface area contributed by atoms with Crippen LogP contribution in [0.2, 0.25) is 0 Å². The Morgan fingerprint density at radius 1 is 1.33 bits per heavy atom. The van der Waals surface area contributed by atoms with Gasteiger partial charge >= 0.3 is 0 Å². The van der Waals surface area contributed by atoms with Crippen molar-refractivity contribution < 1.29 is 9.47 Å². The minimum absolute atomic E-state index is 0.240. The molecule has 5 heteroatoms. The predicted molar refractivity (Wildman–Crippen MR) is 70.0 cm³/mol. The summed E-state index contributed by atoms with van der Waals surface area (Å²) < 4.78 is 11.3. The number of rotatable bonds is 8. The van der Waals surface area contributed by atoms with Gasteiger partial charge in [-0.1, -0.05) is 5.22 Å². The fraction of sp³-hybridized carbons (Fsp3) is 0.846. The molecule has 1 aliphatic carbocycles. The number of nitrogens with zero attached hydrogens (tertiary/aromatic N) is 1. The molecule has 0 saturated carbocycles. The van der Waals surface area contributed by atoms with Crippen molar-refractivity contribution in [2.24, 2.45) is 11.1 Å². The van der Waals surface area contributed by atoms with Crippen molar-refractivity contribution in [3.8, 4) is 0 Å². The zero-order valence-electron chi connectivity index (χ0n) is 11.7. The van der Waals surface area contributed by atoms with Crippen LogP contribution in [0.3, 0.4) is 0 Å². The Bertz CT molecular complexity index is 292. The van der Waals surface area contributed by atoms with E-state index in [1.54, 1.807) is 0 Å². The van der Waals surface area contributed by atoms with Gasteiger partial charge in [0.05, 0.1) is 13.2 Å². The topological polar surface area (TPSA) is 66.7 Å². The second-order valence-corrected chi connectivity index (χ2v) is 4.70. The first-order chi connectivity index (χ1) is 8.71. The van der Waals surface area contributed by atoms with Gasteiger partial charge in [-0.3, -0.25) is 5.43 Å². The average Bonchev–Trinajstić information content (AvgIpc) is 2.33. The SMILES string of the molecule is CCOC1=C(OCC)CC(CC(C)NN=N)CC1. The molecule has 0 amide bonds. The van der Waals surface area contributed by atoms with Crippen molar-refractivity contribution in [2.45, 2.75) is 52.5 Å². The third-order valence-electron chi connectivity index (χ3n) is 3.17. The standard InChI is InChI=1S/C13H25N3O2/c1-4-17-12-7-6-11(8-10(3)15-16-14)9-13(12)18-5-2/h10-11H,4-9H2,1-3H3,(H2,14,15). The summed E-state index contributed by atoms with van der Waals surface area (Å²) in [5, 5.41) is 3.23. The molecule has 2 N–H and O–H groups in total. The molecular weight excluding hydrogens is 230 g/mol. The maximum Gasteiger partial charge on any atom is 0.134 e. The Balaban J connectivity index is 2.55. The van der Waals surface area contributed by atoms with Gasteiger partial charge in [0.15, 0.2) is 0 Å². The summed E-state index contributed by atoms with van der Waals surface area (Å²) in [6.45, 7) is 7.45. The van der Waals surface area contributed by atoms with Crippen molar-refractivity contribution in [1.29, 1.82) is 5.53 Å². The number of hydrogen-bond acceptors (Lipinski definition) is 4. The molecule has 5 nitrogen and oxygen atoms in total. The molecule has 0 aliphatic heterocycles. The highest BCUT2D eigenvalue weighted by Crippen LogP contribution is 2.33. The van der Waals surface area contributed by atoms with E-state index in [9.17, 15) is 0 Å². The monoisotopic (exact) mass is 255 g/mol. The molecule has 1 aliphatic rings. The third-order valence-corrected chi connectivity index (χ3v) is 3.17. The van der Waals surface area contributed by atoms with Gasteiger partial charge in [0.25, 0.3) is 0 Å². The van der Waals surface area contributed by atoms with Crippen LogP contribution in [-0.4, -0.2) is 19.3 Å². The number of allylic oxidation sites excluding steroid dienone is 2. The Kier molecular flexibility index (Phi) is 6.54. The lowest BCUT2D eigenvalue weighted by Crippen LogP contribution is -2.25. The van der Waals surface area contributed by atoms with E-state index in [1.165, 1.54) is 0 Å². The summed E-state index contributed by atoms with van der Waals surface area (Å²) in [5.41, 5.74) is 9.58. The van der Waals surface area contributed by atoms with E-state index in [0.717, 1.165) is 37.2 Å². The zero-order valence-corrected chi connectivity index (χ0v) is 11.7. The molecule has 0 spiro atoms. The summed E-state index contributed by atoms with van der Waals surface area (Å²) in [5.74, 6) is 2.63. The fourth-order valence-corrected chi connectivity index (χ4v) is 2.46. The molecule has 0 saturated heterocycles. The van der Waals surface area contributed by atoms with E-state index in [1.807, 2.05) is 13.8 Å². The molecule has 0 aromatic carbocycles. The minimum atomic E-state index is 0.240. The normalized spacial score (nSPS) is 21.4. The van der Waals surface area contributed by atoms with Crippen molar-refractivity contribution in [2.75, 3.05) is 13.2 Å². The van der Waals surface area contributed by atoms with Crippen LogP contribution in [0.25, 0.3) is 0 Å². The summed E-state index contributed by atoms with van der Waals surface area (Å²) >= 11 is 0. The Morgan fingerprint density at radius 3 is 2.61 bits per heavy atom. The quantitative estimate of drug-likeness (QED) is 0.516. The lowest BCUT2D eigenvalue weighted by Gasteiger charge is -2.28. The Morgan fingerprint density at radius 2 is 2.00 bits per heavy atom. The molecule has 0 bridgehead atoms. The fourth-order valence-electron chi connectivity index (χ4n) is 2.46. The van der Waals surface area contributed by atoms with Crippen LogP contribution in [0.15, 0.2) is 16.7 Å². The minimum Gasteiger partial charge on any atom is -0.495 e. The van der Waals surface area contributed by atoms with Gasteiger partial charge in [0.1, 0.15) is 11.5 Å². The smallest absolute Gasteiger partial charge is 0.134 e. The zero-order chi connectivity index (χ0) is 13.4. The number of ether oxygens (including phenoxy) is 2. The highest BCUT2D eigenvalue weighted by atomic mass is 16.5. The van der Waals surface area contributed by atoms with Crippen LogP contribution in [0.5, 0.6) is 0 Å². The van der Waals surface area contributed by atoms with Crippen LogP contribution in [0, 0.1) is 11.4 Å². The Labute approximate surface area is 109 Å². The van der Waals surface area contributed by atoms with E-state index in [0.29, 0.717) is 19.1 Å². The molecular formula is C13H25N3O2. The Hall–Kier alpha value is -1.26. The van der Waals surface area contributed by atoms with Crippen molar-refractivity contribution in [1.82, 2.24) is 5.43 Å². The molecule has 0 heterocycles. The van der Waals surface area contributed by atoms with E-state index >= 15 is 0 Å². The summed E-state index contributed by atoms with van der Waals surface area (Å²) in [4.78, 5) is 0. The van der Waals surface area contributed by atoms with Gasteiger partial charge in [0.2, 0.25) is 0 Å². The van der Waals surface area contributed by atoms with Gasteiger partial charge in [-0.05, 0) is 39.5 Å². The van der Waals surface area contributed by atoms with Crippen molar-refractivity contribution in [3.63, 3.8) is 0 Å². The van der Waals surface area contributed by atoms with E-state index < -0.39 is 0 Å². The van der Waals surface area contributed by atoms with Gasteiger partial charge in [-0.2, -0.15) is 5.53 Å². The molecule has 104 valence electrons. The first kappa shape index (κ1) is 14.8. The largest absolute Gasteiger partial charge is 0.495 e. The molecule has 2 atom stereocenters. The van der Waals surface area contributed by atoms with Gasteiger partial charge in [-0.15, -0.1) is 0 Å². The lowest BCUT2D eigenvalue weighted by molar-refractivity contribution is 0.124. The lowest BCUT2D eigenvalue weighted by atomic mass is 9.87. The highest BCUT2D eigenvalue weighted by molar-refractivity contribution is 5.07. The molecule has 0 fully saturated rings. The summed E-state index contributed by atoms with van der Waals surface area (Å²) in [6, 6.07) is 0.240. The molecule has 2 unspecified atom stereocenters. The summed E-state index contributed by atoms with van der Waals surface area (Å²) in [6.07, 6.45) is 4.03. The number of hydrogen-bond donors (Lipinski definition) is 2. The highest BCUT2D eigenvalue weighted by Gasteiger charge is 2.24. The van der Waals surface area contributed by atoms with E-state index in [2.05, 4.69) is 17.6 Å².